The summed E-state index contributed by atoms with van der Waals surface area (Å²) < 4.78 is 0. The van der Waals surface area contributed by atoms with Gasteiger partial charge in [-0.1, -0.05) is 13.8 Å². The number of nitrogens with one attached hydrogen (secondary N) is 1. The first-order chi connectivity index (χ1) is 5.74. The molecule has 0 aromatic rings. The van der Waals surface area contributed by atoms with Crippen LogP contribution in [0.5, 0.6) is 0 Å². The summed E-state index contributed by atoms with van der Waals surface area (Å²) in [6.07, 6.45) is 0. The van der Waals surface area contributed by atoms with Gasteiger partial charge in [0.2, 0.25) is 5.91 Å². The number of hydrogen-bond acceptors (Lipinski definition) is 3. The first-order valence-corrected chi connectivity index (χ1v) is 4.43. The van der Waals surface area contributed by atoms with Crippen LogP contribution >= 0.6 is 0 Å². The van der Waals surface area contributed by atoms with Crippen molar-refractivity contribution in [1.82, 2.24) is 10.2 Å². The van der Waals surface area contributed by atoms with Crippen molar-refractivity contribution in [3.05, 3.63) is 0 Å². The molecule has 0 spiro atoms. The van der Waals surface area contributed by atoms with E-state index < -0.39 is 0 Å². The molecule has 0 saturated carbocycles. The lowest BCUT2D eigenvalue weighted by Crippen LogP contribution is -2.37. The average Bonchev–Trinajstić information content (AvgIpc) is 2.12. The normalized spacial score (nSPS) is 10.3. The SMILES string of the molecule is CCN(CC)CCNC(=O)CN. The van der Waals surface area contributed by atoms with E-state index in [0.717, 1.165) is 19.6 Å². The lowest BCUT2D eigenvalue weighted by Gasteiger charge is -2.17. The molecular weight excluding hydrogens is 154 g/mol. The Hall–Kier alpha value is -0.610. The zero-order valence-electron chi connectivity index (χ0n) is 7.97. The Balaban J connectivity index is 3.34. The van der Waals surface area contributed by atoms with E-state index in [4.69, 9.17) is 5.73 Å². The van der Waals surface area contributed by atoms with Gasteiger partial charge in [-0.3, -0.25) is 4.79 Å². The summed E-state index contributed by atoms with van der Waals surface area (Å²) in [5.41, 5.74) is 5.13. The molecule has 0 aliphatic rings. The number of carbonyl (C=O) groups excluding carboxylic acids is 1. The second-order valence-corrected chi connectivity index (χ2v) is 2.58. The van der Waals surface area contributed by atoms with E-state index in [0.29, 0.717) is 6.54 Å². The molecule has 0 fully saturated rings. The van der Waals surface area contributed by atoms with Crippen molar-refractivity contribution in [3.8, 4) is 0 Å². The maximum Gasteiger partial charge on any atom is 0.233 e. The van der Waals surface area contributed by atoms with Crippen LogP contribution in [0.15, 0.2) is 0 Å². The Labute approximate surface area is 74.1 Å². The van der Waals surface area contributed by atoms with Gasteiger partial charge >= 0.3 is 0 Å². The number of amides is 1. The summed E-state index contributed by atoms with van der Waals surface area (Å²) in [4.78, 5) is 13.0. The summed E-state index contributed by atoms with van der Waals surface area (Å²) in [7, 11) is 0. The number of nitrogens with two attached hydrogens (primary N) is 1. The van der Waals surface area contributed by atoms with Crippen LogP contribution in [0.4, 0.5) is 0 Å². The highest BCUT2D eigenvalue weighted by molar-refractivity contribution is 5.77. The molecule has 0 saturated heterocycles. The fraction of sp³-hybridized carbons (Fsp3) is 0.875. The smallest absolute Gasteiger partial charge is 0.233 e. The third-order valence-corrected chi connectivity index (χ3v) is 1.83. The Morgan fingerprint density at radius 3 is 2.42 bits per heavy atom. The van der Waals surface area contributed by atoms with Crippen LogP contribution in [0.3, 0.4) is 0 Å². The van der Waals surface area contributed by atoms with Gasteiger partial charge in [-0.05, 0) is 13.1 Å². The molecule has 12 heavy (non-hydrogen) atoms. The molecule has 0 atom stereocenters. The van der Waals surface area contributed by atoms with Crippen molar-refractivity contribution in [3.63, 3.8) is 0 Å². The molecule has 0 unspecified atom stereocenters. The first kappa shape index (κ1) is 11.4. The lowest BCUT2D eigenvalue weighted by atomic mass is 10.4. The molecule has 0 aliphatic heterocycles. The summed E-state index contributed by atoms with van der Waals surface area (Å²) >= 11 is 0. The van der Waals surface area contributed by atoms with Gasteiger partial charge in [0.15, 0.2) is 0 Å². The molecule has 0 aromatic carbocycles. The quantitative estimate of drug-likeness (QED) is 0.564. The first-order valence-electron chi connectivity index (χ1n) is 4.43. The van der Waals surface area contributed by atoms with E-state index in [2.05, 4.69) is 24.1 Å². The molecule has 0 aromatic heterocycles. The van der Waals surface area contributed by atoms with Crippen molar-refractivity contribution in [2.75, 3.05) is 32.7 Å². The van der Waals surface area contributed by atoms with E-state index in [1.807, 2.05) is 0 Å². The second kappa shape index (κ2) is 7.06. The molecule has 0 rings (SSSR count). The molecule has 0 bridgehead atoms. The van der Waals surface area contributed by atoms with Gasteiger partial charge < -0.3 is 16.0 Å². The van der Waals surface area contributed by atoms with Gasteiger partial charge in [-0.25, -0.2) is 0 Å². The van der Waals surface area contributed by atoms with Crippen LogP contribution in [0.1, 0.15) is 13.8 Å². The number of hydrogen-bond donors (Lipinski definition) is 2. The third kappa shape index (κ3) is 5.09. The lowest BCUT2D eigenvalue weighted by molar-refractivity contribution is -0.119. The Bertz CT molecular complexity index is 123. The minimum atomic E-state index is -0.0813. The summed E-state index contributed by atoms with van der Waals surface area (Å²) in [5, 5.41) is 2.73. The van der Waals surface area contributed by atoms with E-state index in [1.165, 1.54) is 0 Å². The van der Waals surface area contributed by atoms with Crippen molar-refractivity contribution in [2.24, 2.45) is 5.73 Å². The zero-order valence-corrected chi connectivity index (χ0v) is 7.97. The van der Waals surface area contributed by atoms with E-state index in [9.17, 15) is 4.79 Å². The highest BCUT2D eigenvalue weighted by Gasteiger charge is 1.99. The van der Waals surface area contributed by atoms with Crippen molar-refractivity contribution in [2.45, 2.75) is 13.8 Å². The predicted molar refractivity (Wildman–Crippen MR) is 49.9 cm³/mol. The van der Waals surface area contributed by atoms with Crippen LogP contribution in [0.2, 0.25) is 0 Å². The van der Waals surface area contributed by atoms with Crippen LogP contribution in [0.25, 0.3) is 0 Å². The maximum absolute atomic E-state index is 10.7. The molecule has 0 radical (unpaired) electrons. The van der Waals surface area contributed by atoms with Gasteiger partial charge in [0.25, 0.3) is 0 Å². The van der Waals surface area contributed by atoms with Crippen molar-refractivity contribution in [1.29, 1.82) is 0 Å². The number of likely N-dealkylation sites (N-methyl/N-ethyl adjacent to an activating group) is 1. The van der Waals surface area contributed by atoms with Crippen LogP contribution in [-0.4, -0.2) is 43.5 Å². The minimum Gasteiger partial charge on any atom is -0.354 e. The van der Waals surface area contributed by atoms with Crippen LogP contribution in [0, 0.1) is 0 Å². The monoisotopic (exact) mass is 173 g/mol. The minimum absolute atomic E-state index is 0.0813. The van der Waals surface area contributed by atoms with E-state index >= 15 is 0 Å². The third-order valence-electron chi connectivity index (χ3n) is 1.83. The Kier molecular flexibility index (Phi) is 6.70. The zero-order chi connectivity index (χ0) is 9.40. The molecule has 4 nitrogen and oxygen atoms in total. The Morgan fingerprint density at radius 1 is 1.42 bits per heavy atom. The van der Waals surface area contributed by atoms with Gasteiger partial charge in [0, 0.05) is 13.1 Å². The fourth-order valence-corrected chi connectivity index (χ4v) is 0.965. The summed E-state index contributed by atoms with van der Waals surface area (Å²) in [6, 6.07) is 0. The molecular formula is C8H19N3O. The molecule has 72 valence electrons. The molecule has 0 aliphatic carbocycles. The van der Waals surface area contributed by atoms with E-state index in [-0.39, 0.29) is 12.5 Å². The van der Waals surface area contributed by atoms with Gasteiger partial charge in [0.05, 0.1) is 6.54 Å². The van der Waals surface area contributed by atoms with Crippen LogP contribution < -0.4 is 11.1 Å². The largest absolute Gasteiger partial charge is 0.354 e. The molecule has 1 amide bonds. The van der Waals surface area contributed by atoms with Crippen molar-refractivity contribution >= 4 is 5.91 Å². The summed E-state index contributed by atoms with van der Waals surface area (Å²) in [6.45, 7) is 7.93. The molecule has 4 heteroatoms. The van der Waals surface area contributed by atoms with Crippen molar-refractivity contribution < 1.29 is 4.79 Å². The molecule has 3 N–H and O–H groups in total. The highest BCUT2D eigenvalue weighted by Crippen LogP contribution is 1.83. The standard InChI is InChI=1S/C8H19N3O/c1-3-11(4-2)6-5-10-8(12)7-9/h3-7,9H2,1-2H3,(H,10,12). The highest BCUT2D eigenvalue weighted by atomic mass is 16.1. The van der Waals surface area contributed by atoms with Gasteiger partial charge in [-0.2, -0.15) is 0 Å². The van der Waals surface area contributed by atoms with Gasteiger partial charge in [0.1, 0.15) is 0 Å². The second-order valence-electron chi connectivity index (χ2n) is 2.58. The van der Waals surface area contributed by atoms with E-state index in [1.54, 1.807) is 0 Å². The van der Waals surface area contributed by atoms with Gasteiger partial charge in [-0.15, -0.1) is 0 Å². The maximum atomic E-state index is 10.7. The number of nitrogens with zero attached hydrogens (tertiary/aromatic N) is 1. The van der Waals surface area contributed by atoms with Crippen LogP contribution in [-0.2, 0) is 4.79 Å². The summed E-state index contributed by atoms with van der Waals surface area (Å²) in [5.74, 6) is -0.0813. The predicted octanol–water partition coefficient (Wildman–Crippen LogP) is -0.597. The number of rotatable bonds is 6. The Morgan fingerprint density at radius 2 is 2.00 bits per heavy atom. The number of carbonyl (C=O) groups is 1. The topological polar surface area (TPSA) is 58.4 Å². The molecule has 0 heterocycles. The average molecular weight is 173 g/mol. The fourth-order valence-electron chi connectivity index (χ4n) is 0.965.